The number of hydrogen-bond donors (Lipinski definition) is 1. The molecule has 2 aromatic rings. The second-order valence-corrected chi connectivity index (χ2v) is 9.14. The number of carboxylic acids is 1. The summed E-state index contributed by atoms with van der Waals surface area (Å²) in [5.74, 6) is -0.240. The normalized spacial score (nSPS) is 16.9. The van der Waals surface area contributed by atoms with Crippen LogP contribution in [-0.2, 0) is 4.79 Å². The molecule has 34 heavy (non-hydrogen) atoms. The van der Waals surface area contributed by atoms with Gasteiger partial charge in [0.25, 0.3) is 5.91 Å². The summed E-state index contributed by atoms with van der Waals surface area (Å²) in [4.78, 5) is 30.8. The van der Waals surface area contributed by atoms with Gasteiger partial charge in [-0.25, -0.2) is 9.79 Å². The van der Waals surface area contributed by atoms with Crippen molar-refractivity contribution in [3.8, 4) is 11.5 Å². The number of rotatable bonds is 8. The number of aromatic carboxylic acids is 1. The molecule has 0 saturated carbocycles. The third-order valence-electron chi connectivity index (χ3n) is 5.28. The van der Waals surface area contributed by atoms with E-state index in [-0.39, 0.29) is 17.6 Å². The van der Waals surface area contributed by atoms with Gasteiger partial charge >= 0.3 is 5.97 Å². The van der Waals surface area contributed by atoms with Gasteiger partial charge in [0, 0.05) is 7.05 Å². The fourth-order valence-electron chi connectivity index (χ4n) is 3.22. The van der Waals surface area contributed by atoms with Crippen LogP contribution in [-0.4, -0.2) is 46.8 Å². The fourth-order valence-corrected chi connectivity index (χ4v) is 4.46. The first-order chi connectivity index (χ1) is 16.2. The number of carboxylic acid groups (broad SMARTS) is 1. The van der Waals surface area contributed by atoms with E-state index in [4.69, 9.17) is 21.1 Å². The summed E-state index contributed by atoms with van der Waals surface area (Å²) in [7, 11) is 1.63. The van der Waals surface area contributed by atoms with Crippen LogP contribution in [0.4, 0.5) is 5.69 Å². The minimum Gasteiger partial charge on any atom is -0.490 e. The van der Waals surface area contributed by atoms with Crippen LogP contribution in [0.5, 0.6) is 11.5 Å². The first-order valence-electron chi connectivity index (χ1n) is 10.9. The molecule has 0 radical (unpaired) electrons. The van der Waals surface area contributed by atoms with E-state index in [2.05, 4.69) is 4.99 Å². The molecule has 1 saturated heterocycles. The zero-order valence-electron chi connectivity index (χ0n) is 19.7. The van der Waals surface area contributed by atoms with Crippen LogP contribution < -0.4 is 9.47 Å². The quantitative estimate of drug-likeness (QED) is 0.435. The molecule has 0 aromatic heterocycles. The van der Waals surface area contributed by atoms with Gasteiger partial charge in [0.2, 0.25) is 0 Å². The molecular formula is C25H27ClN2O5S. The molecule has 1 atom stereocenters. The van der Waals surface area contributed by atoms with E-state index in [9.17, 15) is 14.7 Å². The number of halogens is 1. The zero-order chi connectivity index (χ0) is 25.0. The lowest BCUT2D eigenvalue weighted by molar-refractivity contribution is -0.121. The molecule has 2 aromatic carbocycles. The number of hydrogen-bond acceptors (Lipinski definition) is 6. The van der Waals surface area contributed by atoms with Crippen molar-refractivity contribution in [2.45, 2.75) is 40.2 Å². The molecule has 1 fully saturated rings. The van der Waals surface area contributed by atoms with Crippen LogP contribution in [0.25, 0.3) is 6.08 Å². The number of nitrogens with zero attached hydrogens (tertiary/aromatic N) is 2. The van der Waals surface area contributed by atoms with Crippen LogP contribution in [0.2, 0.25) is 5.02 Å². The molecule has 1 amide bonds. The van der Waals surface area contributed by atoms with E-state index in [1.807, 2.05) is 20.8 Å². The van der Waals surface area contributed by atoms with Crippen molar-refractivity contribution in [2.24, 2.45) is 4.99 Å². The minimum absolute atomic E-state index is 0.0246. The van der Waals surface area contributed by atoms with E-state index < -0.39 is 5.97 Å². The summed E-state index contributed by atoms with van der Waals surface area (Å²) in [6.45, 7) is 7.99. The lowest BCUT2D eigenvalue weighted by Gasteiger charge is -2.18. The standard InChI is InChI=1S/C25H27ClN2O5S/c1-6-14(3)33-22-18(26)11-16(12-20(22)32-7-2)13-21-23(29)28(5)25(34-21)27-19-10-8-9-17(15(19)4)24(30)31/h8-14H,6-7H2,1-5H3,(H,30,31)/b21-13-,27-25?/t14-/m1/s1. The van der Waals surface area contributed by atoms with Crippen molar-refractivity contribution in [1.82, 2.24) is 4.90 Å². The van der Waals surface area contributed by atoms with Gasteiger partial charge in [0.1, 0.15) is 0 Å². The Kier molecular flexibility index (Phi) is 8.28. The van der Waals surface area contributed by atoms with Crippen molar-refractivity contribution in [2.75, 3.05) is 13.7 Å². The van der Waals surface area contributed by atoms with Gasteiger partial charge in [-0.3, -0.25) is 9.69 Å². The molecule has 7 nitrogen and oxygen atoms in total. The summed E-state index contributed by atoms with van der Waals surface area (Å²) < 4.78 is 11.7. The molecule has 9 heteroatoms. The molecular weight excluding hydrogens is 476 g/mol. The molecule has 3 rings (SSSR count). The fraction of sp³-hybridized carbons (Fsp3) is 0.320. The smallest absolute Gasteiger partial charge is 0.336 e. The van der Waals surface area contributed by atoms with E-state index in [0.717, 1.165) is 6.42 Å². The van der Waals surface area contributed by atoms with Gasteiger partial charge in [0.05, 0.1) is 33.9 Å². The van der Waals surface area contributed by atoms with Crippen molar-refractivity contribution in [3.63, 3.8) is 0 Å². The average molecular weight is 503 g/mol. The van der Waals surface area contributed by atoms with Crippen LogP contribution in [0.1, 0.15) is 48.7 Å². The number of thioether (sulfide) groups is 1. The Morgan fingerprint density at radius 2 is 2.06 bits per heavy atom. The first-order valence-corrected chi connectivity index (χ1v) is 12.1. The summed E-state index contributed by atoms with van der Waals surface area (Å²) in [6, 6.07) is 8.41. The average Bonchev–Trinajstić information content (AvgIpc) is 3.05. The van der Waals surface area contributed by atoms with Crippen molar-refractivity contribution < 1.29 is 24.2 Å². The van der Waals surface area contributed by atoms with Gasteiger partial charge in [-0.05, 0) is 80.4 Å². The monoisotopic (exact) mass is 502 g/mol. The molecule has 0 aliphatic carbocycles. The summed E-state index contributed by atoms with van der Waals surface area (Å²) in [5.41, 5.74) is 1.90. The van der Waals surface area contributed by atoms with Gasteiger partial charge in [-0.2, -0.15) is 0 Å². The number of amides is 1. The number of likely N-dealkylation sites (N-methyl/N-ethyl adjacent to an activating group) is 1. The van der Waals surface area contributed by atoms with Gasteiger partial charge in [-0.1, -0.05) is 24.6 Å². The molecule has 0 spiro atoms. The predicted octanol–water partition coefficient (Wildman–Crippen LogP) is 6.16. The number of aliphatic imine (C=N–C) groups is 1. The lowest BCUT2D eigenvalue weighted by atomic mass is 10.1. The third-order valence-corrected chi connectivity index (χ3v) is 6.62. The summed E-state index contributed by atoms with van der Waals surface area (Å²) in [6.07, 6.45) is 2.53. The Morgan fingerprint density at radius 3 is 2.71 bits per heavy atom. The number of carbonyl (C=O) groups excluding carboxylic acids is 1. The van der Waals surface area contributed by atoms with Gasteiger partial charge in [0.15, 0.2) is 16.7 Å². The van der Waals surface area contributed by atoms with Crippen LogP contribution in [0.3, 0.4) is 0 Å². The second kappa shape index (κ2) is 11.0. The summed E-state index contributed by atoms with van der Waals surface area (Å²) in [5, 5.41) is 10.2. The highest BCUT2D eigenvalue weighted by Gasteiger charge is 2.31. The van der Waals surface area contributed by atoms with Crippen LogP contribution >= 0.6 is 23.4 Å². The molecule has 1 aliphatic heterocycles. The second-order valence-electron chi connectivity index (χ2n) is 7.72. The Morgan fingerprint density at radius 1 is 1.32 bits per heavy atom. The predicted molar refractivity (Wildman–Crippen MR) is 137 cm³/mol. The van der Waals surface area contributed by atoms with E-state index >= 15 is 0 Å². The van der Waals surface area contributed by atoms with Crippen molar-refractivity contribution in [1.29, 1.82) is 0 Å². The SMILES string of the molecule is CCOc1cc(/C=C2\SC(=Nc3cccc(C(=O)O)c3C)N(C)C2=O)cc(Cl)c1O[C@H](C)CC. The number of amidine groups is 1. The number of ether oxygens (including phenoxy) is 2. The zero-order valence-corrected chi connectivity index (χ0v) is 21.3. The molecule has 1 heterocycles. The molecule has 1 aliphatic rings. The largest absolute Gasteiger partial charge is 0.490 e. The summed E-state index contributed by atoms with van der Waals surface area (Å²) >= 11 is 7.72. The van der Waals surface area contributed by atoms with Gasteiger partial charge in [-0.15, -0.1) is 0 Å². The molecule has 180 valence electrons. The van der Waals surface area contributed by atoms with Gasteiger partial charge < -0.3 is 14.6 Å². The Labute approximate surface area is 208 Å². The number of benzene rings is 2. The van der Waals surface area contributed by atoms with Crippen molar-refractivity contribution in [3.05, 3.63) is 56.9 Å². The minimum atomic E-state index is -1.02. The highest BCUT2D eigenvalue weighted by molar-refractivity contribution is 8.18. The topological polar surface area (TPSA) is 88.4 Å². The molecule has 0 unspecified atom stereocenters. The van der Waals surface area contributed by atoms with Crippen LogP contribution in [0, 0.1) is 6.92 Å². The highest BCUT2D eigenvalue weighted by atomic mass is 35.5. The maximum atomic E-state index is 12.9. The van der Waals surface area contributed by atoms with Crippen LogP contribution in [0.15, 0.2) is 40.2 Å². The lowest BCUT2D eigenvalue weighted by Crippen LogP contribution is -2.23. The van der Waals surface area contributed by atoms with E-state index in [0.29, 0.717) is 50.0 Å². The van der Waals surface area contributed by atoms with E-state index in [1.165, 1.54) is 22.7 Å². The Hall–Kier alpha value is -2.97. The highest BCUT2D eigenvalue weighted by Crippen LogP contribution is 2.40. The first kappa shape index (κ1) is 25.6. The maximum absolute atomic E-state index is 12.9. The molecule has 0 bridgehead atoms. The van der Waals surface area contributed by atoms with Crippen molar-refractivity contribution >= 4 is 52.2 Å². The van der Waals surface area contributed by atoms with E-state index in [1.54, 1.807) is 44.3 Å². The Bertz CT molecular complexity index is 1180. The molecule has 1 N–H and O–H groups in total. The Balaban J connectivity index is 1.96. The number of carbonyl (C=O) groups is 2. The maximum Gasteiger partial charge on any atom is 0.336 e. The third kappa shape index (κ3) is 5.56.